The summed E-state index contributed by atoms with van der Waals surface area (Å²) in [7, 11) is -3.20. The summed E-state index contributed by atoms with van der Waals surface area (Å²) in [6.07, 6.45) is 3.33. The zero-order valence-corrected chi connectivity index (χ0v) is 20.1. The Morgan fingerprint density at radius 3 is 2.15 bits per heavy atom. The number of aromatic nitrogens is 1. The van der Waals surface area contributed by atoms with Gasteiger partial charge in [0.05, 0.1) is 14.7 Å². The van der Waals surface area contributed by atoms with Crippen molar-refractivity contribution in [2.75, 3.05) is 26.5 Å². The van der Waals surface area contributed by atoms with Crippen molar-refractivity contribution >= 4 is 31.5 Å². The van der Waals surface area contributed by atoms with Crippen LogP contribution in [0.1, 0.15) is 5.56 Å². The Morgan fingerprint density at radius 1 is 0.909 bits per heavy atom. The topological polar surface area (TPSA) is 121 Å². The molecule has 174 valence electrons. The van der Waals surface area contributed by atoms with Crippen molar-refractivity contribution in [3.05, 3.63) is 78.6 Å². The maximum absolute atomic E-state index is 13.1. The third-order valence-electron chi connectivity index (χ3n) is 4.75. The summed E-state index contributed by atoms with van der Waals surface area (Å²) in [6.45, 7) is 0.418. The van der Waals surface area contributed by atoms with E-state index in [0.29, 0.717) is 12.5 Å². The molecule has 0 aliphatic heterocycles. The predicted octanol–water partition coefficient (Wildman–Crippen LogP) is 2.35. The van der Waals surface area contributed by atoms with E-state index in [1.54, 1.807) is 31.6 Å². The molecule has 9 nitrogen and oxygen atoms in total. The minimum Gasteiger partial charge on any atom is -0.352 e. The molecule has 1 heterocycles. The van der Waals surface area contributed by atoms with E-state index in [0.717, 1.165) is 15.6 Å². The fraction of sp³-hybridized carbons (Fsp3) is 0.182. The molecule has 0 fully saturated rings. The van der Waals surface area contributed by atoms with Gasteiger partial charge in [-0.05, 0) is 48.0 Å². The van der Waals surface area contributed by atoms with Crippen LogP contribution in [-0.4, -0.2) is 53.2 Å². The maximum atomic E-state index is 13.1. The first kappa shape index (κ1) is 24.4. The van der Waals surface area contributed by atoms with Crippen molar-refractivity contribution in [3.8, 4) is 0 Å². The van der Waals surface area contributed by atoms with Gasteiger partial charge in [0.25, 0.3) is 0 Å². The van der Waals surface area contributed by atoms with Gasteiger partial charge in [0.15, 0.2) is 5.96 Å². The van der Waals surface area contributed by atoms with Gasteiger partial charge in [0, 0.05) is 45.8 Å². The van der Waals surface area contributed by atoms with Crippen molar-refractivity contribution in [3.63, 3.8) is 0 Å². The molecule has 0 atom stereocenters. The van der Waals surface area contributed by atoms with Crippen LogP contribution < -0.4 is 10.6 Å². The number of guanidine groups is 1. The van der Waals surface area contributed by atoms with E-state index in [-0.39, 0.29) is 14.7 Å². The summed E-state index contributed by atoms with van der Waals surface area (Å²) >= 11 is 0. The molecular weight excluding hydrogens is 462 g/mol. The predicted molar refractivity (Wildman–Crippen MR) is 127 cm³/mol. The molecule has 0 unspecified atom stereocenters. The van der Waals surface area contributed by atoms with Gasteiger partial charge >= 0.3 is 0 Å². The molecule has 0 radical (unpaired) electrons. The molecule has 2 N–H and O–H groups in total. The van der Waals surface area contributed by atoms with Crippen LogP contribution >= 0.6 is 0 Å². The molecule has 0 saturated carbocycles. The SMILES string of the molecule is CN=C(NCc1ccc(S(=O)(=O)c2cccc(S(=O)(=O)N(C)C)c2)cc1)Nc1ccncc1. The normalized spacial score (nSPS) is 12.5. The van der Waals surface area contributed by atoms with E-state index in [9.17, 15) is 16.8 Å². The molecule has 0 bridgehead atoms. The van der Waals surface area contributed by atoms with Crippen LogP contribution in [0.3, 0.4) is 0 Å². The molecule has 0 saturated heterocycles. The van der Waals surface area contributed by atoms with E-state index < -0.39 is 19.9 Å². The zero-order chi connectivity index (χ0) is 24.1. The molecule has 3 aromatic rings. The highest BCUT2D eigenvalue weighted by Gasteiger charge is 2.22. The summed E-state index contributed by atoms with van der Waals surface area (Å²) in [5.74, 6) is 0.553. The second-order valence-corrected chi connectivity index (χ2v) is 11.3. The minimum atomic E-state index is -3.89. The molecule has 3 rings (SSSR count). The fourth-order valence-electron chi connectivity index (χ4n) is 2.87. The molecule has 2 aromatic carbocycles. The highest BCUT2D eigenvalue weighted by atomic mass is 32.2. The van der Waals surface area contributed by atoms with E-state index in [4.69, 9.17) is 0 Å². The van der Waals surface area contributed by atoms with Crippen molar-refractivity contribution < 1.29 is 16.8 Å². The fourth-order valence-corrected chi connectivity index (χ4v) is 5.20. The Balaban J connectivity index is 1.74. The van der Waals surface area contributed by atoms with Gasteiger partial charge in [-0.3, -0.25) is 9.98 Å². The monoisotopic (exact) mass is 487 g/mol. The van der Waals surface area contributed by atoms with Gasteiger partial charge in [-0.1, -0.05) is 18.2 Å². The van der Waals surface area contributed by atoms with Crippen molar-refractivity contribution in [2.24, 2.45) is 4.99 Å². The third-order valence-corrected chi connectivity index (χ3v) is 8.33. The van der Waals surface area contributed by atoms with E-state index in [2.05, 4.69) is 20.6 Å². The summed E-state index contributed by atoms with van der Waals surface area (Å²) in [6, 6.07) is 15.4. The lowest BCUT2D eigenvalue weighted by atomic mass is 10.2. The van der Waals surface area contributed by atoms with Crippen molar-refractivity contribution in [1.29, 1.82) is 0 Å². The Morgan fingerprint density at radius 2 is 1.55 bits per heavy atom. The average molecular weight is 488 g/mol. The Kier molecular flexibility index (Phi) is 7.46. The number of sulfone groups is 1. The number of hydrogen-bond acceptors (Lipinski definition) is 6. The van der Waals surface area contributed by atoms with Gasteiger partial charge in [-0.2, -0.15) is 0 Å². The number of rotatable bonds is 7. The lowest BCUT2D eigenvalue weighted by Gasteiger charge is -2.13. The van der Waals surface area contributed by atoms with Gasteiger partial charge in [-0.25, -0.2) is 21.1 Å². The average Bonchev–Trinajstić information content (AvgIpc) is 2.82. The van der Waals surface area contributed by atoms with Gasteiger partial charge in [0.1, 0.15) is 0 Å². The lowest BCUT2D eigenvalue weighted by Crippen LogP contribution is -2.30. The van der Waals surface area contributed by atoms with E-state index in [1.807, 2.05) is 12.1 Å². The molecule has 11 heteroatoms. The Labute approximate surface area is 194 Å². The van der Waals surface area contributed by atoms with Gasteiger partial charge in [0.2, 0.25) is 19.9 Å². The maximum Gasteiger partial charge on any atom is 0.242 e. The number of aliphatic imine (C=N–C) groups is 1. The van der Waals surface area contributed by atoms with Crippen molar-refractivity contribution in [1.82, 2.24) is 14.6 Å². The first-order valence-corrected chi connectivity index (χ1v) is 12.8. The van der Waals surface area contributed by atoms with Crippen LogP contribution in [0, 0.1) is 0 Å². The first-order valence-electron chi connectivity index (χ1n) is 9.89. The number of pyridine rings is 1. The minimum absolute atomic E-state index is 0.0740. The van der Waals surface area contributed by atoms with E-state index >= 15 is 0 Å². The number of sulfonamides is 1. The van der Waals surface area contributed by atoms with Crippen LogP contribution in [-0.2, 0) is 26.4 Å². The lowest BCUT2D eigenvalue weighted by molar-refractivity contribution is 0.520. The summed E-state index contributed by atoms with van der Waals surface area (Å²) in [5.41, 5.74) is 1.67. The first-order chi connectivity index (χ1) is 15.6. The number of hydrogen-bond donors (Lipinski definition) is 2. The molecule has 0 aliphatic rings. The third kappa shape index (κ3) is 5.75. The van der Waals surface area contributed by atoms with Gasteiger partial charge < -0.3 is 10.6 Å². The highest BCUT2D eigenvalue weighted by Crippen LogP contribution is 2.24. The number of anilines is 1. The Bertz CT molecular complexity index is 1340. The quantitative estimate of drug-likeness (QED) is 0.388. The van der Waals surface area contributed by atoms with E-state index in [1.165, 1.54) is 50.5 Å². The molecule has 0 aliphatic carbocycles. The second kappa shape index (κ2) is 10.1. The molecule has 0 amide bonds. The summed E-state index contributed by atoms with van der Waals surface area (Å²) < 4.78 is 51.9. The summed E-state index contributed by atoms with van der Waals surface area (Å²) in [4.78, 5) is 8.03. The molecular formula is C22H25N5O4S2. The molecule has 0 spiro atoms. The summed E-state index contributed by atoms with van der Waals surface area (Å²) in [5, 5.41) is 6.29. The second-order valence-electron chi connectivity index (χ2n) is 7.20. The van der Waals surface area contributed by atoms with Crippen LogP contribution in [0.4, 0.5) is 5.69 Å². The molecule has 1 aromatic heterocycles. The largest absolute Gasteiger partial charge is 0.352 e. The smallest absolute Gasteiger partial charge is 0.242 e. The van der Waals surface area contributed by atoms with Crippen molar-refractivity contribution in [2.45, 2.75) is 21.2 Å². The highest BCUT2D eigenvalue weighted by molar-refractivity contribution is 7.91. The number of nitrogens with one attached hydrogen (secondary N) is 2. The molecule has 33 heavy (non-hydrogen) atoms. The van der Waals surface area contributed by atoms with Crippen LogP contribution in [0.25, 0.3) is 0 Å². The van der Waals surface area contributed by atoms with Crippen LogP contribution in [0.15, 0.2) is 92.7 Å². The van der Waals surface area contributed by atoms with Crippen LogP contribution in [0.2, 0.25) is 0 Å². The number of benzene rings is 2. The van der Waals surface area contributed by atoms with Gasteiger partial charge in [-0.15, -0.1) is 0 Å². The number of nitrogens with zero attached hydrogens (tertiary/aromatic N) is 3. The Hall–Kier alpha value is -3.28. The standard InChI is InChI=1S/C22H25N5O4S2/c1-23-22(26-18-11-13-24-14-12-18)25-16-17-7-9-19(10-8-17)32(28,29)20-5-4-6-21(15-20)33(30,31)27(2)3/h4-15H,16H2,1-3H3,(H2,23,24,25,26). The van der Waals surface area contributed by atoms with Crippen LogP contribution in [0.5, 0.6) is 0 Å². The zero-order valence-electron chi connectivity index (χ0n) is 18.4.